The molecule has 0 amide bonds. The van der Waals surface area contributed by atoms with E-state index in [1.54, 1.807) is 0 Å². The van der Waals surface area contributed by atoms with E-state index < -0.39 is 0 Å². The summed E-state index contributed by atoms with van der Waals surface area (Å²) in [7, 11) is 0. The Morgan fingerprint density at radius 1 is 1.60 bits per heavy atom. The highest BCUT2D eigenvalue weighted by atomic mass is 35.5. The SMILES string of the molecule is CCC(C(Cl)Cl)C1CCO1. The van der Waals surface area contributed by atoms with E-state index >= 15 is 0 Å². The van der Waals surface area contributed by atoms with Gasteiger partial charge in [0.1, 0.15) is 4.84 Å². The van der Waals surface area contributed by atoms with Gasteiger partial charge in [-0.3, -0.25) is 0 Å². The van der Waals surface area contributed by atoms with E-state index in [2.05, 4.69) is 6.92 Å². The van der Waals surface area contributed by atoms with Crippen LogP contribution in [0.15, 0.2) is 0 Å². The van der Waals surface area contributed by atoms with Crippen LogP contribution in [0.25, 0.3) is 0 Å². The van der Waals surface area contributed by atoms with Crippen molar-refractivity contribution in [1.29, 1.82) is 0 Å². The van der Waals surface area contributed by atoms with Crippen LogP contribution in [0.1, 0.15) is 19.8 Å². The van der Waals surface area contributed by atoms with Gasteiger partial charge in [0, 0.05) is 12.5 Å². The third-order valence-corrected chi connectivity index (χ3v) is 2.65. The first kappa shape index (κ1) is 8.63. The fourth-order valence-corrected chi connectivity index (χ4v) is 1.88. The molecule has 2 unspecified atom stereocenters. The normalized spacial score (nSPS) is 28.2. The summed E-state index contributed by atoms with van der Waals surface area (Å²) in [4.78, 5) is -0.268. The van der Waals surface area contributed by atoms with Crippen molar-refractivity contribution < 1.29 is 4.74 Å². The Hall–Kier alpha value is 0.540. The van der Waals surface area contributed by atoms with Crippen LogP contribution < -0.4 is 0 Å². The van der Waals surface area contributed by atoms with Gasteiger partial charge in [0.25, 0.3) is 0 Å². The van der Waals surface area contributed by atoms with Gasteiger partial charge in [-0.1, -0.05) is 6.92 Å². The van der Waals surface area contributed by atoms with E-state index in [0.717, 1.165) is 19.4 Å². The van der Waals surface area contributed by atoms with Crippen molar-refractivity contribution in [3.8, 4) is 0 Å². The van der Waals surface area contributed by atoms with Gasteiger partial charge in [-0.15, -0.1) is 23.2 Å². The highest BCUT2D eigenvalue weighted by molar-refractivity contribution is 6.44. The second-order valence-corrected chi connectivity index (χ2v) is 3.77. The van der Waals surface area contributed by atoms with Crippen molar-refractivity contribution >= 4 is 23.2 Å². The molecule has 1 nitrogen and oxygen atoms in total. The minimum Gasteiger partial charge on any atom is -0.378 e. The van der Waals surface area contributed by atoms with Crippen molar-refractivity contribution in [3.05, 3.63) is 0 Å². The fourth-order valence-electron chi connectivity index (χ4n) is 1.19. The molecule has 0 aromatic rings. The molecule has 1 saturated heterocycles. The Balaban J connectivity index is 2.31. The first-order valence-corrected chi connectivity index (χ1v) is 4.52. The molecule has 60 valence electrons. The first-order valence-electron chi connectivity index (χ1n) is 3.65. The fraction of sp³-hybridized carbons (Fsp3) is 1.00. The lowest BCUT2D eigenvalue weighted by atomic mass is 9.96. The highest BCUT2D eigenvalue weighted by Gasteiger charge is 2.30. The first-order chi connectivity index (χ1) is 4.75. The molecule has 0 aromatic heterocycles. The van der Waals surface area contributed by atoms with Crippen LogP contribution in [0.4, 0.5) is 0 Å². The number of alkyl halides is 2. The van der Waals surface area contributed by atoms with E-state index in [4.69, 9.17) is 27.9 Å². The van der Waals surface area contributed by atoms with Gasteiger partial charge in [-0.05, 0) is 12.8 Å². The van der Waals surface area contributed by atoms with E-state index in [1.165, 1.54) is 0 Å². The summed E-state index contributed by atoms with van der Waals surface area (Å²) >= 11 is 11.5. The second-order valence-electron chi connectivity index (χ2n) is 2.60. The van der Waals surface area contributed by atoms with Crippen LogP contribution in [0.3, 0.4) is 0 Å². The Morgan fingerprint density at radius 3 is 2.30 bits per heavy atom. The molecule has 0 radical (unpaired) electrons. The average Bonchev–Trinajstić information content (AvgIpc) is 1.76. The molecule has 0 aliphatic carbocycles. The summed E-state index contributed by atoms with van der Waals surface area (Å²) in [6.45, 7) is 2.96. The lowest BCUT2D eigenvalue weighted by Gasteiger charge is -2.34. The third-order valence-electron chi connectivity index (χ3n) is 2.01. The van der Waals surface area contributed by atoms with Crippen LogP contribution in [-0.4, -0.2) is 17.5 Å². The molecule has 0 saturated carbocycles. The number of rotatable bonds is 3. The molecule has 0 spiro atoms. The predicted octanol–water partition coefficient (Wildman–Crippen LogP) is 2.61. The zero-order chi connectivity index (χ0) is 7.56. The van der Waals surface area contributed by atoms with Gasteiger partial charge in [-0.2, -0.15) is 0 Å². The monoisotopic (exact) mass is 182 g/mol. The minimum absolute atomic E-state index is 0.268. The molecule has 1 aliphatic rings. The third kappa shape index (κ3) is 1.77. The number of halogens is 2. The maximum absolute atomic E-state index is 5.74. The van der Waals surface area contributed by atoms with Crippen molar-refractivity contribution in [3.63, 3.8) is 0 Å². The average molecular weight is 183 g/mol. The summed E-state index contributed by atoms with van der Waals surface area (Å²) in [5, 5.41) is 0. The van der Waals surface area contributed by atoms with Crippen molar-refractivity contribution in [2.24, 2.45) is 5.92 Å². The summed E-state index contributed by atoms with van der Waals surface area (Å²) in [6, 6.07) is 0. The molecule has 2 atom stereocenters. The van der Waals surface area contributed by atoms with E-state index in [-0.39, 0.29) is 4.84 Å². The van der Waals surface area contributed by atoms with Gasteiger partial charge in [0.15, 0.2) is 0 Å². The minimum atomic E-state index is -0.268. The lowest BCUT2D eigenvalue weighted by Crippen LogP contribution is -2.37. The standard InChI is InChI=1S/C7H12Cl2O/c1-2-5(7(8)9)6-3-4-10-6/h5-7H,2-4H2,1H3. The Bertz CT molecular complexity index is 102. The van der Waals surface area contributed by atoms with Crippen molar-refractivity contribution in [2.45, 2.75) is 30.7 Å². The van der Waals surface area contributed by atoms with E-state index in [1.807, 2.05) is 0 Å². The van der Waals surface area contributed by atoms with Gasteiger partial charge in [0.05, 0.1) is 6.10 Å². The molecule has 1 heterocycles. The van der Waals surface area contributed by atoms with Crippen LogP contribution in [0.2, 0.25) is 0 Å². The number of ether oxygens (including phenoxy) is 1. The molecule has 0 N–H and O–H groups in total. The smallest absolute Gasteiger partial charge is 0.113 e. The van der Waals surface area contributed by atoms with Crippen LogP contribution in [0.5, 0.6) is 0 Å². The van der Waals surface area contributed by atoms with Crippen LogP contribution in [0, 0.1) is 5.92 Å². The molecule has 0 bridgehead atoms. The van der Waals surface area contributed by atoms with Crippen LogP contribution in [-0.2, 0) is 4.74 Å². The second kappa shape index (κ2) is 3.80. The van der Waals surface area contributed by atoms with Crippen molar-refractivity contribution in [1.82, 2.24) is 0 Å². The van der Waals surface area contributed by atoms with Gasteiger partial charge in [-0.25, -0.2) is 0 Å². The summed E-state index contributed by atoms with van der Waals surface area (Å²) in [5.41, 5.74) is 0. The summed E-state index contributed by atoms with van der Waals surface area (Å²) in [6.07, 6.45) is 2.45. The van der Waals surface area contributed by atoms with Gasteiger partial charge >= 0.3 is 0 Å². The summed E-state index contributed by atoms with van der Waals surface area (Å²) < 4.78 is 5.28. The zero-order valence-electron chi connectivity index (χ0n) is 6.02. The predicted molar refractivity (Wildman–Crippen MR) is 43.6 cm³/mol. The van der Waals surface area contributed by atoms with E-state index in [9.17, 15) is 0 Å². The van der Waals surface area contributed by atoms with Gasteiger partial charge in [0.2, 0.25) is 0 Å². The maximum atomic E-state index is 5.74. The Labute approximate surface area is 71.6 Å². The molecule has 1 aliphatic heterocycles. The zero-order valence-corrected chi connectivity index (χ0v) is 7.53. The largest absolute Gasteiger partial charge is 0.378 e. The Kier molecular flexibility index (Phi) is 3.28. The molecule has 1 rings (SSSR count). The quantitative estimate of drug-likeness (QED) is 0.611. The van der Waals surface area contributed by atoms with Gasteiger partial charge < -0.3 is 4.74 Å². The molecule has 0 aromatic carbocycles. The van der Waals surface area contributed by atoms with E-state index in [0.29, 0.717) is 12.0 Å². The maximum Gasteiger partial charge on any atom is 0.113 e. The molecule has 1 fully saturated rings. The molecule has 3 heteroatoms. The molecular weight excluding hydrogens is 171 g/mol. The summed E-state index contributed by atoms with van der Waals surface area (Å²) in [5.74, 6) is 0.331. The molecule has 10 heavy (non-hydrogen) atoms. The van der Waals surface area contributed by atoms with Crippen LogP contribution >= 0.6 is 23.2 Å². The topological polar surface area (TPSA) is 9.23 Å². The molecular formula is C7H12Cl2O. The highest BCUT2D eigenvalue weighted by Crippen LogP contribution is 2.30. The lowest BCUT2D eigenvalue weighted by molar-refractivity contribution is -0.0823. The number of hydrogen-bond donors (Lipinski definition) is 0. The van der Waals surface area contributed by atoms with Crippen molar-refractivity contribution in [2.75, 3.05) is 6.61 Å². The number of hydrogen-bond acceptors (Lipinski definition) is 1. The Morgan fingerprint density at radius 2 is 2.20 bits per heavy atom.